The Hall–Kier alpha value is -2.14. The largest absolute Gasteiger partial charge is 0.484 e. The van der Waals surface area contributed by atoms with Crippen molar-refractivity contribution in [3.05, 3.63) is 41.3 Å². The quantitative estimate of drug-likeness (QED) is 0.911. The van der Waals surface area contributed by atoms with Gasteiger partial charge in [-0.05, 0) is 18.6 Å². The predicted octanol–water partition coefficient (Wildman–Crippen LogP) is 3.08. The zero-order valence-corrected chi connectivity index (χ0v) is 11.1. The zero-order chi connectivity index (χ0) is 13.8. The van der Waals surface area contributed by atoms with Crippen molar-refractivity contribution in [2.24, 2.45) is 0 Å². The second-order valence-corrected chi connectivity index (χ2v) is 5.02. The van der Waals surface area contributed by atoms with E-state index >= 15 is 0 Å². The van der Waals surface area contributed by atoms with Crippen LogP contribution < -0.4 is 4.74 Å². The van der Waals surface area contributed by atoms with Crippen molar-refractivity contribution >= 4 is 23.1 Å². The molecule has 0 amide bonds. The molecule has 5 heteroatoms. The molecule has 0 saturated heterocycles. The SMILES string of the molecule is CC(=O)COc1cc(-c2ccccc2)sc1C(=O)O. The van der Waals surface area contributed by atoms with E-state index < -0.39 is 5.97 Å². The zero-order valence-electron chi connectivity index (χ0n) is 10.3. The van der Waals surface area contributed by atoms with Crippen LogP contribution in [0.15, 0.2) is 36.4 Å². The maximum absolute atomic E-state index is 11.2. The molecule has 0 bridgehead atoms. The molecule has 2 rings (SSSR count). The third-order valence-corrected chi connectivity index (χ3v) is 3.53. The molecular weight excluding hydrogens is 264 g/mol. The summed E-state index contributed by atoms with van der Waals surface area (Å²) in [5.74, 6) is -0.957. The summed E-state index contributed by atoms with van der Waals surface area (Å²) in [6, 6.07) is 11.1. The molecule has 2 aromatic rings. The average molecular weight is 276 g/mol. The predicted molar refractivity (Wildman–Crippen MR) is 72.9 cm³/mol. The number of aromatic carboxylic acids is 1. The highest BCUT2D eigenvalue weighted by Crippen LogP contribution is 2.36. The van der Waals surface area contributed by atoms with Gasteiger partial charge in [0, 0.05) is 4.88 Å². The van der Waals surface area contributed by atoms with Gasteiger partial charge in [0.05, 0.1) is 0 Å². The van der Waals surface area contributed by atoms with Crippen molar-refractivity contribution in [3.8, 4) is 16.2 Å². The van der Waals surface area contributed by atoms with Crippen molar-refractivity contribution in [1.29, 1.82) is 0 Å². The van der Waals surface area contributed by atoms with Gasteiger partial charge in [0.1, 0.15) is 12.4 Å². The number of ketones is 1. The summed E-state index contributed by atoms with van der Waals surface area (Å²) < 4.78 is 5.24. The molecule has 1 aromatic carbocycles. The van der Waals surface area contributed by atoms with Crippen LogP contribution in [0.3, 0.4) is 0 Å². The van der Waals surface area contributed by atoms with Crippen molar-refractivity contribution in [3.63, 3.8) is 0 Å². The molecule has 1 heterocycles. The number of ether oxygens (including phenoxy) is 1. The second-order valence-electron chi connectivity index (χ2n) is 3.97. The molecule has 0 aliphatic rings. The van der Waals surface area contributed by atoms with Gasteiger partial charge in [-0.2, -0.15) is 0 Å². The fourth-order valence-corrected chi connectivity index (χ4v) is 2.50. The minimum absolute atomic E-state index is 0.111. The number of hydrogen-bond donors (Lipinski definition) is 1. The van der Waals surface area contributed by atoms with Crippen LogP contribution in [0.2, 0.25) is 0 Å². The van der Waals surface area contributed by atoms with Gasteiger partial charge in [-0.25, -0.2) is 4.79 Å². The van der Waals surface area contributed by atoms with Gasteiger partial charge in [-0.1, -0.05) is 30.3 Å². The highest BCUT2D eigenvalue weighted by atomic mass is 32.1. The number of rotatable bonds is 5. The van der Waals surface area contributed by atoms with Crippen LogP contribution in [0.25, 0.3) is 10.4 Å². The van der Waals surface area contributed by atoms with Crippen LogP contribution in [0, 0.1) is 0 Å². The number of thiophene rings is 1. The number of Topliss-reactive ketones (excluding diaryl/α,β-unsaturated/α-hetero) is 1. The molecule has 0 aliphatic carbocycles. The van der Waals surface area contributed by atoms with E-state index in [0.717, 1.165) is 21.8 Å². The van der Waals surface area contributed by atoms with Gasteiger partial charge in [0.15, 0.2) is 10.7 Å². The smallest absolute Gasteiger partial charge is 0.349 e. The molecule has 98 valence electrons. The first-order valence-electron chi connectivity index (χ1n) is 5.62. The van der Waals surface area contributed by atoms with Crippen molar-refractivity contribution in [2.45, 2.75) is 6.92 Å². The van der Waals surface area contributed by atoms with Gasteiger partial charge in [-0.15, -0.1) is 11.3 Å². The van der Waals surface area contributed by atoms with E-state index in [2.05, 4.69) is 0 Å². The third-order valence-electron chi connectivity index (χ3n) is 2.38. The summed E-state index contributed by atoms with van der Waals surface area (Å²) in [6.07, 6.45) is 0. The lowest BCUT2D eigenvalue weighted by molar-refractivity contribution is -0.118. The summed E-state index contributed by atoms with van der Waals surface area (Å²) >= 11 is 1.14. The molecule has 0 radical (unpaired) electrons. The number of carbonyl (C=O) groups excluding carboxylic acids is 1. The summed E-state index contributed by atoms with van der Waals surface area (Å²) in [5, 5.41) is 9.14. The summed E-state index contributed by atoms with van der Waals surface area (Å²) in [6.45, 7) is 1.27. The van der Waals surface area contributed by atoms with Gasteiger partial charge >= 0.3 is 5.97 Å². The Morgan fingerprint density at radius 1 is 1.26 bits per heavy atom. The van der Waals surface area contributed by atoms with Crippen LogP contribution in [0.1, 0.15) is 16.6 Å². The highest BCUT2D eigenvalue weighted by molar-refractivity contribution is 7.17. The summed E-state index contributed by atoms with van der Waals surface area (Å²) in [7, 11) is 0. The molecule has 0 spiro atoms. The number of carboxylic acid groups (broad SMARTS) is 1. The van der Waals surface area contributed by atoms with E-state index in [1.165, 1.54) is 6.92 Å². The van der Waals surface area contributed by atoms with Crippen molar-refractivity contribution < 1.29 is 19.4 Å². The molecule has 0 fully saturated rings. The van der Waals surface area contributed by atoms with Crippen molar-refractivity contribution in [2.75, 3.05) is 6.61 Å². The standard InChI is InChI=1S/C14H12O4S/c1-9(15)8-18-11-7-12(19-13(11)14(16)17)10-5-3-2-4-6-10/h2-7H,8H2,1H3,(H,16,17). The lowest BCUT2D eigenvalue weighted by atomic mass is 10.2. The van der Waals surface area contributed by atoms with Crippen LogP contribution in [0.5, 0.6) is 5.75 Å². The normalized spacial score (nSPS) is 10.2. The molecule has 0 aliphatic heterocycles. The number of carboxylic acids is 1. The number of hydrogen-bond acceptors (Lipinski definition) is 4. The monoisotopic (exact) mass is 276 g/mol. The first kappa shape index (κ1) is 13.3. The minimum atomic E-state index is -1.05. The van der Waals surface area contributed by atoms with E-state index in [0.29, 0.717) is 0 Å². The van der Waals surface area contributed by atoms with E-state index in [-0.39, 0.29) is 23.0 Å². The van der Waals surface area contributed by atoms with Gasteiger partial charge in [-0.3, -0.25) is 4.79 Å². The second kappa shape index (κ2) is 5.67. The Labute approximate surface area is 114 Å². The fourth-order valence-electron chi connectivity index (χ4n) is 1.55. The van der Waals surface area contributed by atoms with E-state index in [1.54, 1.807) is 6.07 Å². The van der Waals surface area contributed by atoms with Crippen LogP contribution >= 0.6 is 11.3 Å². The van der Waals surface area contributed by atoms with E-state index in [1.807, 2.05) is 30.3 Å². The Bertz CT molecular complexity index is 601. The third kappa shape index (κ3) is 3.20. The first-order valence-corrected chi connectivity index (χ1v) is 6.44. The first-order chi connectivity index (χ1) is 9.08. The topological polar surface area (TPSA) is 63.6 Å². The lowest BCUT2D eigenvalue weighted by Gasteiger charge is -2.01. The Morgan fingerprint density at radius 3 is 2.53 bits per heavy atom. The lowest BCUT2D eigenvalue weighted by Crippen LogP contribution is -2.08. The Kier molecular flexibility index (Phi) is 3.97. The molecule has 0 atom stereocenters. The van der Waals surface area contributed by atoms with E-state index in [4.69, 9.17) is 9.84 Å². The molecule has 0 saturated carbocycles. The maximum Gasteiger partial charge on any atom is 0.349 e. The summed E-state index contributed by atoms with van der Waals surface area (Å²) in [4.78, 5) is 23.0. The highest BCUT2D eigenvalue weighted by Gasteiger charge is 2.17. The number of carbonyl (C=O) groups is 2. The van der Waals surface area contributed by atoms with Gasteiger partial charge < -0.3 is 9.84 Å². The molecule has 0 unspecified atom stereocenters. The molecular formula is C14H12O4S. The minimum Gasteiger partial charge on any atom is -0.484 e. The van der Waals surface area contributed by atoms with Crippen LogP contribution in [-0.2, 0) is 4.79 Å². The van der Waals surface area contributed by atoms with E-state index in [9.17, 15) is 9.59 Å². The van der Waals surface area contributed by atoms with Crippen LogP contribution in [0.4, 0.5) is 0 Å². The van der Waals surface area contributed by atoms with Crippen molar-refractivity contribution in [1.82, 2.24) is 0 Å². The molecule has 1 N–H and O–H groups in total. The molecule has 1 aromatic heterocycles. The number of benzene rings is 1. The fraction of sp³-hybridized carbons (Fsp3) is 0.143. The average Bonchev–Trinajstić information content (AvgIpc) is 2.81. The summed E-state index contributed by atoms with van der Waals surface area (Å²) in [5.41, 5.74) is 0.924. The van der Waals surface area contributed by atoms with Crippen LogP contribution in [-0.4, -0.2) is 23.5 Å². The van der Waals surface area contributed by atoms with Gasteiger partial charge in [0.25, 0.3) is 0 Å². The van der Waals surface area contributed by atoms with Gasteiger partial charge in [0.2, 0.25) is 0 Å². The maximum atomic E-state index is 11.2. The Morgan fingerprint density at radius 2 is 1.95 bits per heavy atom. The molecule has 19 heavy (non-hydrogen) atoms. The Balaban J connectivity index is 2.35. The molecule has 4 nitrogen and oxygen atoms in total.